The minimum absolute atomic E-state index is 0.181. The Hall–Kier alpha value is -2.80. The van der Waals surface area contributed by atoms with Gasteiger partial charge >= 0.3 is 6.03 Å². The second-order valence-electron chi connectivity index (χ2n) is 5.65. The minimum atomic E-state index is -0.486. The molecule has 1 heterocycles. The molecule has 1 N–H and O–H groups in total. The molecule has 0 bridgehead atoms. The lowest BCUT2D eigenvalue weighted by atomic mass is 10.1. The number of benzene rings is 2. The Labute approximate surface area is 165 Å². The van der Waals surface area contributed by atoms with Crippen molar-refractivity contribution in [3.63, 3.8) is 0 Å². The summed E-state index contributed by atoms with van der Waals surface area (Å²) in [6.07, 6.45) is 1.61. The highest BCUT2D eigenvalue weighted by atomic mass is 79.9. The van der Waals surface area contributed by atoms with E-state index in [1.54, 1.807) is 42.5 Å². The fourth-order valence-corrected chi connectivity index (χ4v) is 3.19. The molecular weight excluding hydrogens is 412 g/mol. The number of urea groups is 1. The molecule has 27 heavy (non-hydrogen) atoms. The average molecular weight is 431 g/mol. The number of hydrogen-bond donors (Lipinski definition) is 1. The molecule has 0 saturated carbocycles. The molecule has 6 nitrogen and oxygen atoms in total. The van der Waals surface area contributed by atoms with Crippen molar-refractivity contribution in [3.05, 3.63) is 58.2 Å². The van der Waals surface area contributed by atoms with Gasteiger partial charge < -0.3 is 14.8 Å². The smallest absolute Gasteiger partial charge is 0.333 e. The van der Waals surface area contributed by atoms with E-state index < -0.39 is 11.9 Å². The topological polar surface area (TPSA) is 67.9 Å². The lowest BCUT2D eigenvalue weighted by molar-refractivity contribution is -0.113. The maximum absolute atomic E-state index is 12.7. The van der Waals surface area contributed by atoms with Crippen molar-refractivity contribution < 1.29 is 19.1 Å². The van der Waals surface area contributed by atoms with Gasteiger partial charge in [0.25, 0.3) is 5.91 Å². The second kappa shape index (κ2) is 8.26. The van der Waals surface area contributed by atoms with Crippen LogP contribution in [0.15, 0.2) is 52.6 Å². The number of anilines is 1. The molecular formula is C20H19BrN2O4. The van der Waals surface area contributed by atoms with Gasteiger partial charge in [0.15, 0.2) is 0 Å². The zero-order valence-electron chi connectivity index (χ0n) is 15.0. The first-order valence-corrected chi connectivity index (χ1v) is 9.35. The van der Waals surface area contributed by atoms with Gasteiger partial charge in [-0.2, -0.15) is 0 Å². The largest absolute Gasteiger partial charge is 0.493 e. The molecule has 1 aliphatic heterocycles. The zero-order chi connectivity index (χ0) is 19.4. The number of imide groups is 1. The third kappa shape index (κ3) is 3.98. The Morgan fingerprint density at radius 3 is 2.37 bits per heavy atom. The van der Waals surface area contributed by atoms with E-state index in [0.29, 0.717) is 36.0 Å². The molecule has 140 valence electrons. The fraction of sp³-hybridized carbons (Fsp3) is 0.200. The average Bonchev–Trinajstić information content (AvgIpc) is 2.93. The number of halogens is 1. The SMILES string of the molecule is CCOc1cc(OCC)c(/C=C2\NC(=O)N(c3ccccc3)C2=O)cc1Br. The minimum Gasteiger partial charge on any atom is -0.493 e. The molecule has 1 saturated heterocycles. The highest BCUT2D eigenvalue weighted by Crippen LogP contribution is 2.35. The summed E-state index contributed by atoms with van der Waals surface area (Å²) in [5.41, 5.74) is 1.35. The van der Waals surface area contributed by atoms with Crippen molar-refractivity contribution in [3.8, 4) is 11.5 Å². The molecule has 1 aliphatic rings. The Morgan fingerprint density at radius 2 is 1.70 bits per heavy atom. The summed E-state index contributed by atoms with van der Waals surface area (Å²) in [6, 6.07) is 11.9. The van der Waals surface area contributed by atoms with Gasteiger partial charge in [-0.1, -0.05) is 18.2 Å². The molecule has 0 unspecified atom stereocenters. The van der Waals surface area contributed by atoms with Crippen LogP contribution in [0.4, 0.5) is 10.5 Å². The number of nitrogens with zero attached hydrogens (tertiary/aromatic N) is 1. The van der Waals surface area contributed by atoms with Gasteiger partial charge in [-0.15, -0.1) is 0 Å². The lowest BCUT2D eigenvalue weighted by Gasteiger charge is -2.13. The van der Waals surface area contributed by atoms with Crippen LogP contribution < -0.4 is 19.7 Å². The van der Waals surface area contributed by atoms with Crippen LogP contribution in [0.25, 0.3) is 6.08 Å². The Kier molecular flexibility index (Phi) is 5.81. The molecule has 0 spiro atoms. The van der Waals surface area contributed by atoms with Crippen molar-refractivity contribution in [2.45, 2.75) is 13.8 Å². The van der Waals surface area contributed by atoms with Gasteiger partial charge in [-0.05, 0) is 54.1 Å². The molecule has 2 aromatic carbocycles. The van der Waals surface area contributed by atoms with Gasteiger partial charge in [0.05, 0.1) is 23.4 Å². The third-order valence-electron chi connectivity index (χ3n) is 3.86. The van der Waals surface area contributed by atoms with E-state index in [1.807, 2.05) is 19.9 Å². The second-order valence-corrected chi connectivity index (χ2v) is 6.51. The first kappa shape index (κ1) is 19.0. The van der Waals surface area contributed by atoms with Crippen molar-refractivity contribution in [1.82, 2.24) is 5.32 Å². The Morgan fingerprint density at radius 1 is 1.04 bits per heavy atom. The van der Waals surface area contributed by atoms with Gasteiger partial charge in [-0.25, -0.2) is 9.69 Å². The fourth-order valence-electron chi connectivity index (χ4n) is 2.71. The summed E-state index contributed by atoms with van der Waals surface area (Å²) in [7, 11) is 0. The Balaban J connectivity index is 1.98. The normalized spacial score (nSPS) is 15.2. The zero-order valence-corrected chi connectivity index (χ0v) is 16.6. The summed E-state index contributed by atoms with van der Waals surface area (Å²) in [5, 5.41) is 2.63. The number of para-hydroxylation sites is 1. The van der Waals surface area contributed by atoms with Crippen LogP contribution in [0.3, 0.4) is 0 Å². The molecule has 0 radical (unpaired) electrons. The maximum atomic E-state index is 12.7. The quantitative estimate of drug-likeness (QED) is 0.546. The van der Waals surface area contributed by atoms with Crippen LogP contribution in [0.2, 0.25) is 0 Å². The van der Waals surface area contributed by atoms with E-state index in [1.165, 1.54) is 0 Å². The van der Waals surface area contributed by atoms with E-state index in [0.717, 1.165) is 9.37 Å². The van der Waals surface area contributed by atoms with E-state index in [2.05, 4.69) is 21.2 Å². The number of rotatable bonds is 6. The molecule has 3 amide bonds. The van der Waals surface area contributed by atoms with E-state index in [-0.39, 0.29) is 5.70 Å². The first-order chi connectivity index (χ1) is 13.0. The summed E-state index contributed by atoms with van der Waals surface area (Å²) in [5.74, 6) is 0.798. The van der Waals surface area contributed by atoms with Crippen LogP contribution in [-0.4, -0.2) is 25.2 Å². The molecule has 0 aliphatic carbocycles. The van der Waals surface area contributed by atoms with Gasteiger partial charge in [0.1, 0.15) is 17.2 Å². The van der Waals surface area contributed by atoms with Crippen molar-refractivity contribution in [2.24, 2.45) is 0 Å². The van der Waals surface area contributed by atoms with Gasteiger partial charge in [0, 0.05) is 11.6 Å². The van der Waals surface area contributed by atoms with E-state index in [4.69, 9.17) is 9.47 Å². The van der Waals surface area contributed by atoms with Crippen LogP contribution in [0, 0.1) is 0 Å². The molecule has 7 heteroatoms. The summed E-state index contributed by atoms with van der Waals surface area (Å²) < 4.78 is 12.0. The first-order valence-electron chi connectivity index (χ1n) is 8.56. The summed E-state index contributed by atoms with van der Waals surface area (Å²) in [6.45, 7) is 4.75. The predicted molar refractivity (Wildman–Crippen MR) is 107 cm³/mol. The molecule has 0 atom stereocenters. The number of amides is 3. The number of carbonyl (C=O) groups excluding carboxylic acids is 2. The highest BCUT2D eigenvalue weighted by molar-refractivity contribution is 9.10. The highest BCUT2D eigenvalue weighted by Gasteiger charge is 2.35. The Bertz CT molecular complexity index is 896. The lowest BCUT2D eigenvalue weighted by Crippen LogP contribution is -2.30. The van der Waals surface area contributed by atoms with Gasteiger partial charge in [-0.3, -0.25) is 4.79 Å². The third-order valence-corrected chi connectivity index (χ3v) is 4.48. The van der Waals surface area contributed by atoms with Crippen LogP contribution in [-0.2, 0) is 4.79 Å². The van der Waals surface area contributed by atoms with Crippen molar-refractivity contribution in [1.29, 1.82) is 0 Å². The van der Waals surface area contributed by atoms with E-state index >= 15 is 0 Å². The monoisotopic (exact) mass is 430 g/mol. The van der Waals surface area contributed by atoms with Crippen LogP contribution in [0.1, 0.15) is 19.4 Å². The number of nitrogens with one attached hydrogen (secondary N) is 1. The van der Waals surface area contributed by atoms with Gasteiger partial charge in [0.2, 0.25) is 0 Å². The van der Waals surface area contributed by atoms with Crippen LogP contribution >= 0.6 is 15.9 Å². The van der Waals surface area contributed by atoms with E-state index in [9.17, 15) is 9.59 Å². The van der Waals surface area contributed by atoms with Crippen LogP contribution in [0.5, 0.6) is 11.5 Å². The number of hydrogen-bond acceptors (Lipinski definition) is 4. The van der Waals surface area contributed by atoms with Crippen molar-refractivity contribution in [2.75, 3.05) is 18.1 Å². The predicted octanol–water partition coefficient (Wildman–Crippen LogP) is 4.34. The summed E-state index contributed by atoms with van der Waals surface area (Å²) in [4.78, 5) is 26.1. The maximum Gasteiger partial charge on any atom is 0.333 e. The number of ether oxygens (including phenoxy) is 2. The molecule has 3 rings (SSSR count). The summed E-state index contributed by atoms with van der Waals surface area (Å²) >= 11 is 3.47. The number of carbonyl (C=O) groups is 2. The molecule has 0 aromatic heterocycles. The molecule has 1 fully saturated rings. The van der Waals surface area contributed by atoms with Crippen molar-refractivity contribution >= 4 is 39.6 Å². The standard InChI is InChI=1S/C20H19BrN2O4/c1-3-26-17-12-18(27-4-2)15(21)10-13(17)11-16-19(24)23(20(25)22-16)14-8-6-5-7-9-14/h5-12H,3-4H2,1-2H3,(H,22,25)/b16-11-. The molecule has 2 aromatic rings.